The highest BCUT2D eigenvalue weighted by atomic mass is 15.2. The summed E-state index contributed by atoms with van der Waals surface area (Å²) in [6.45, 7) is 3.61. The smallest absolute Gasteiger partial charge is 0.0196 e. The Bertz CT molecular complexity index is 216. The molecule has 2 fully saturated rings. The summed E-state index contributed by atoms with van der Waals surface area (Å²) in [6, 6.07) is 1.21. The van der Waals surface area contributed by atoms with Crippen LogP contribution in [0.15, 0.2) is 0 Å². The third kappa shape index (κ3) is 3.67. The molecule has 1 unspecified atom stereocenters. The normalized spacial score (nSPS) is 26.8. The number of nitrogens with two attached hydrogens (primary N) is 1. The molecule has 1 saturated carbocycles. The monoisotopic (exact) mass is 239 g/mol. The lowest BCUT2D eigenvalue weighted by Gasteiger charge is -2.37. The van der Waals surface area contributed by atoms with Gasteiger partial charge in [0.2, 0.25) is 0 Å². The topological polar surface area (TPSA) is 32.5 Å². The summed E-state index contributed by atoms with van der Waals surface area (Å²) in [5.74, 6) is 0.807. The fourth-order valence-corrected chi connectivity index (χ4v) is 3.45. The van der Waals surface area contributed by atoms with E-state index in [0.717, 1.165) is 18.5 Å². The highest BCUT2D eigenvalue weighted by Gasteiger charge is 2.26. The molecule has 0 spiro atoms. The van der Waals surface area contributed by atoms with Crippen molar-refractivity contribution >= 4 is 0 Å². The Hall–Kier alpha value is -0.120. The van der Waals surface area contributed by atoms with Gasteiger partial charge in [0.15, 0.2) is 0 Å². The van der Waals surface area contributed by atoms with Crippen molar-refractivity contribution in [1.82, 2.24) is 9.80 Å². The Kier molecular flexibility index (Phi) is 4.83. The first-order valence-corrected chi connectivity index (χ1v) is 7.31. The summed E-state index contributed by atoms with van der Waals surface area (Å²) < 4.78 is 0. The van der Waals surface area contributed by atoms with Crippen LogP contribution >= 0.6 is 0 Å². The van der Waals surface area contributed by atoms with E-state index < -0.39 is 0 Å². The first-order valence-electron chi connectivity index (χ1n) is 7.31. The van der Waals surface area contributed by atoms with Gasteiger partial charge in [-0.05, 0) is 58.8 Å². The molecule has 0 amide bonds. The molecule has 1 saturated heterocycles. The molecule has 1 aliphatic heterocycles. The average molecular weight is 239 g/mol. The van der Waals surface area contributed by atoms with Crippen molar-refractivity contribution in [3.05, 3.63) is 0 Å². The molecule has 2 aliphatic rings. The largest absolute Gasteiger partial charge is 0.326 e. The average Bonchev–Trinajstić information content (AvgIpc) is 2.83. The van der Waals surface area contributed by atoms with Gasteiger partial charge in [0.05, 0.1) is 0 Å². The van der Waals surface area contributed by atoms with E-state index in [2.05, 4.69) is 23.9 Å². The van der Waals surface area contributed by atoms with Crippen molar-refractivity contribution < 1.29 is 0 Å². The van der Waals surface area contributed by atoms with E-state index in [1.165, 1.54) is 51.6 Å². The van der Waals surface area contributed by atoms with Gasteiger partial charge in [-0.3, -0.25) is 0 Å². The zero-order chi connectivity index (χ0) is 12.3. The third-order valence-corrected chi connectivity index (χ3v) is 4.76. The lowest BCUT2D eigenvalue weighted by Crippen LogP contribution is -2.47. The number of likely N-dealkylation sites (tertiary alicyclic amines) is 1. The van der Waals surface area contributed by atoms with Crippen LogP contribution in [0.1, 0.15) is 38.5 Å². The molecule has 0 aromatic rings. The van der Waals surface area contributed by atoms with Crippen LogP contribution in [0.2, 0.25) is 0 Å². The summed E-state index contributed by atoms with van der Waals surface area (Å²) in [5, 5.41) is 0. The third-order valence-electron chi connectivity index (χ3n) is 4.76. The van der Waals surface area contributed by atoms with Crippen molar-refractivity contribution in [1.29, 1.82) is 0 Å². The summed E-state index contributed by atoms with van der Waals surface area (Å²) in [6.07, 6.45) is 8.17. The number of rotatable bonds is 4. The predicted molar refractivity (Wildman–Crippen MR) is 73.1 cm³/mol. The lowest BCUT2D eigenvalue weighted by atomic mass is 9.97. The van der Waals surface area contributed by atoms with Crippen molar-refractivity contribution in [2.45, 2.75) is 50.6 Å². The van der Waals surface area contributed by atoms with Crippen molar-refractivity contribution in [2.75, 3.05) is 33.7 Å². The summed E-state index contributed by atoms with van der Waals surface area (Å²) in [7, 11) is 4.40. The van der Waals surface area contributed by atoms with Gasteiger partial charge in [0.1, 0.15) is 0 Å². The Balaban J connectivity index is 1.70. The van der Waals surface area contributed by atoms with E-state index in [0.29, 0.717) is 6.04 Å². The quantitative estimate of drug-likeness (QED) is 0.807. The van der Waals surface area contributed by atoms with Gasteiger partial charge < -0.3 is 15.5 Å². The van der Waals surface area contributed by atoms with Gasteiger partial charge in [-0.2, -0.15) is 0 Å². The Morgan fingerprint density at radius 2 is 1.71 bits per heavy atom. The molecular weight excluding hydrogens is 210 g/mol. The van der Waals surface area contributed by atoms with Crippen LogP contribution < -0.4 is 5.73 Å². The summed E-state index contributed by atoms with van der Waals surface area (Å²) >= 11 is 0. The van der Waals surface area contributed by atoms with Crippen molar-refractivity contribution in [3.8, 4) is 0 Å². The Morgan fingerprint density at radius 1 is 1.12 bits per heavy atom. The fraction of sp³-hybridized carbons (Fsp3) is 1.00. The molecule has 0 aromatic carbocycles. The van der Waals surface area contributed by atoms with E-state index >= 15 is 0 Å². The van der Waals surface area contributed by atoms with Gasteiger partial charge in [-0.1, -0.05) is 12.8 Å². The maximum atomic E-state index is 6.35. The van der Waals surface area contributed by atoms with Crippen LogP contribution in [-0.2, 0) is 0 Å². The Labute approximate surface area is 106 Å². The van der Waals surface area contributed by atoms with E-state index in [1.54, 1.807) is 0 Å². The maximum absolute atomic E-state index is 6.35. The van der Waals surface area contributed by atoms with Crippen molar-refractivity contribution in [2.24, 2.45) is 11.7 Å². The molecule has 0 radical (unpaired) electrons. The second-order valence-corrected chi connectivity index (χ2v) is 6.20. The van der Waals surface area contributed by atoms with Crippen LogP contribution in [0.4, 0.5) is 0 Å². The van der Waals surface area contributed by atoms with Crippen LogP contribution in [0.3, 0.4) is 0 Å². The fourth-order valence-electron chi connectivity index (χ4n) is 3.45. The zero-order valence-corrected chi connectivity index (χ0v) is 11.6. The number of hydrogen-bond acceptors (Lipinski definition) is 3. The second-order valence-electron chi connectivity index (χ2n) is 6.20. The minimum Gasteiger partial charge on any atom is -0.326 e. The molecule has 0 aromatic heterocycles. The summed E-state index contributed by atoms with van der Waals surface area (Å²) in [4.78, 5) is 4.96. The molecule has 2 rings (SSSR count). The number of hydrogen-bond donors (Lipinski definition) is 1. The summed E-state index contributed by atoms with van der Waals surface area (Å²) in [5.41, 5.74) is 6.35. The van der Waals surface area contributed by atoms with E-state index in [-0.39, 0.29) is 0 Å². The molecule has 0 bridgehead atoms. The van der Waals surface area contributed by atoms with Gasteiger partial charge >= 0.3 is 0 Å². The lowest BCUT2D eigenvalue weighted by molar-refractivity contribution is 0.132. The van der Waals surface area contributed by atoms with E-state index in [1.807, 2.05) is 0 Å². The molecule has 3 heteroatoms. The van der Waals surface area contributed by atoms with Crippen molar-refractivity contribution in [3.63, 3.8) is 0 Å². The molecule has 100 valence electrons. The zero-order valence-electron chi connectivity index (χ0n) is 11.6. The highest BCUT2D eigenvalue weighted by Crippen LogP contribution is 2.27. The predicted octanol–water partition coefficient (Wildman–Crippen LogP) is 1.53. The van der Waals surface area contributed by atoms with Crippen LogP contribution in [0, 0.1) is 5.92 Å². The van der Waals surface area contributed by atoms with E-state index in [4.69, 9.17) is 5.73 Å². The van der Waals surface area contributed by atoms with Gasteiger partial charge in [-0.15, -0.1) is 0 Å². The first kappa shape index (κ1) is 13.3. The maximum Gasteiger partial charge on any atom is 0.0196 e. The molecule has 1 heterocycles. The van der Waals surface area contributed by atoms with Gasteiger partial charge in [0, 0.05) is 18.6 Å². The van der Waals surface area contributed by atoms with Gasteiger partial charge in [0.25, 0.3) is 0 Å². The highest BCUT2D eigenvalue weighted by molar-refractivity contribution is 4.83. The van der Waals surface area contributed by atoms with Crippen LogP contribution in [0.5, 0.6) is 0 Å². The number of nitrogens with zero attached hydrogens (tertiary/aromatic N) is 2. The molecule has 1 aliphatic carbocycles. The second kappa shape index (κ2) is 6.17. The van der Waals surface area contributed by atoms with Crippen LogP contribution in [-0.4, -0.2) is 55.6 Å². The molecule has 17 heavy (non-hydrogen) atoms. The minimum atomic E-state index is 0.424. The SMILES string of the molecule is CN(C)C1CCN(CC(N)C2CCCC2)CC1. The molecule has 1 atom stereocenters. The number of piperidine rings is 1. The standard InChI is InChI=1S/C14H29N3/c1-16(2)13-7-9-17(10-8-13)11-14(15)12-5-3-4-6-12/h12-14H,3-11,15H2,1-2H3. The molecule has 2 N–H and O–H groups in total. The van der Waals surface area contributed by atoms with E-state index in [9.17, 15) is 0 Å². The first-order chi connectivity index (χ1) is 8.16. The molecule has 3 nitrogen and oxygen atoms in total. The Morgan fingerprint density at radius 3 is 2.24 bits per heavy atom. The minimum absolute atomic E-state index is 0.424. The molecular formula is C14H29N3. The van der Waals surface area contributed by atoms with Gasteiger partial charge in [-0.25, -0.2) is 0 Å². The van der Waals surface area contributed by atoms with Crippen LogP contribution in [0.25, 0.3) is 0 Å².